The Morgan fingerprint density at radius 2 is 1.21 bits per heavy atom. The zero-order valence-electron chi connectivity index (χ0n) is 11.2. The predicted molar refractivity (Wildman–Crippen MR) is 78.6 cm³/mol. The fraction of sp³-hybridized carbons (Fsp3) is 0.294. The van der Waals surface area contributed by atoms with Gasteiger partial charge in [-0.3, -0.25) is 0 Å². The summed E-state index contributed by atoms with van der Waals surface area (Å²) in [6.45, 7) is 0.902. The molecule has 3 N–H and O–H groups in total. The third kappa shape index (κ3) is 3.22. The van der Waals surface area contributed by atoms with Gasteiger partial charge in [0, 0.05) is 19.3 Å². The molecule has 2 aromatic rings. The van der Waals surface area contributed by atoms with Crippen molar-refractivity contribution in [3.05, 3.63) is 71.8 Å². The van der Waals surface area contributed by atoms with Crippen LogP contribution in [0.5, 0.6) is 0 Å². The molecule has 2 heteroatoms. The van der Waals surface area contributed by atoms with E-state index in [1.165, 1.54) is 11.1 Å². The highest BCUT2D eigenvalue weighted by molar-refractivity contribution is 5.22. The summed E-state index contributed by atoms with van der Waals surface area (Å²) in [6.07, 6.45) is 3.20. The molecule has 1 fully saturated rings. The molecule has 100 valence electrons. The van der Waals surface area contributed by atoms with Crippen molar-refractivity contribution in [2.45, 2.75) is 24.9 Å². The fourth-order valence-corrected chi connectivity index (χ4v) is 2.67. The van der Waals surface area contributed by atoms with E-state index in [-0.39, 0.29) is 11.8 Å². The van der Waals surface area contributed by atoms with Crippen LogP contribution in [-0.4, -0.2) is 12.2 Å². The van der Waals surface area contributed by atoms with Gasteiger partial charge in [0.05, 0.1) is 12.2 Å². The van der Waals surface area contributed by atoms with Crippen LogP contribution in [0, 0.1) is 0 Å². The molecule has 1 aliphatic heterocycles. The molecule has 0 aromatic heterocycles. The smallest absolute Gasteiger partial charge is 0.0784 e. The van der Waals surface area contributed by atoms with Gasteiger partial charge in [0.2, 0.25) is 0 Å². The summed E-state index contributed by atoms with van der Waals surface area (Å²) in [4.78, 5) is 0. The first kappa shape index (κ1) is 13.8. The van der Waals surface area contributed by atoms with Gasteiger partial charge in [-0.15, -0.1) is 0 Å². The minimum atomic E-state index is 0. The van der Waals surface area contributed by atoms with Crippen LogP contribution < -0.4 is 6.15 Å². The SMILES string of the molecule is N.c1ccc(CC2(Cc3ccccc3)CCO2)cc1. The first-order valence-electron chi connectivity index (χ1n) is 6.58. The Labute approximate surface area is 115 Å². The number of hydrogen-bond acceptors (Lipinski definition) is 2. The molecule has 0 atom stereocenters. The highest BCUT2D eigenvalue weighted by Gasteiger charge is 2.38. The van der Waals surface area contributed by atoms with Crippen molar-refractivity contribution in [1.82, 2.24) is 6.15 Å². The van der Waals surface area contributed by atoms with Crippen LogP contribution in [0.4, 0.5) is 0 Å². The van der Waals surface area contributed by atoms with E-state index < -0.39 is 0 Å². The monoisotopic (exact) mass is 255 g/mol. The number of rotatable bonds is 4. The predicted octanol–water partition coefficient (Wildman–Crippen LogP) is 3.79. The molecule has 1 saturated heterocycles. The number of hydrogen-bond donors (Lipinski definition) is 1. The molecule has 3 rings (SSSR count). The third-order valence-electron chi connectivity index (χ3n) is 3.70. The van der Waals surface area contributed by atoms with E-state index >= 15 is 0 Å². The Balaban J connectivity index is 0.00000133. The maximum atomic E-state index is 5.93. The number of benzene rings is 2. The van der Waals surface area contributed by atoms with Crippen LogP contribution in [0.1, 0.15) is 17.5 Å². The van der Waals surface area contributed by atoms with Crippen molar-refractivity contribution >= 4 is 0 Å². The molecular formula is C17H21NO. The molecule has 0 amide bonds. The lowest BCUT2D eigenvalue weighted by atomic mass is 9.82. The van der Waals surface area contributed by atoms with Crippen molar-refractivity contribution in [2.24, 2.45) is 0 Å². The summed E-state index contributed by atoms with van der Waals surface area (Å²) in [5, 5.41) is 0. The summed E-state index contributed by atoms with van der Waals surface area (Å²) >= 11 is 0. The molecular weight excluding hydrogens is 234 g/mol. The molecule has 0 aliphatic carbocycles. The molecule has 0 unspecified atom stereocenters. The Morgan fingerprint density at radius 1 is 0.789 bits per heavy atom. The molecule has 2 aromatic carbocycles. The maximum absolute atomic E-state index is 5.93. The van der Waals surface area contributed by atoms with Crippen molar-refractivity contribution in [3.63, 3.8) is 0 Å². The first-order chi connectivity index (χ1) is 8.86. The van der Waals surface area contributed by atoms with E-state index in [2.05, 4.69) is 60.7 Å². The summed E-state index contributed by atoms with van der Waals surface area (Å²) in [6, 6.07) is 21.3. The second-order valence-electron chi connectivity index (χ2n) is 5.11. The van der Waals surface area contributed by atoms with Crippen molar-refractivity contribution in [2.75, 3.05) is 6.61 Å². The van der Waals surface area contributed by atoms with Crippen LogP contribution in [-0.2, 0) is 17.6 Å². The summed E-state index contributed by atoms with van der Waals surface area (Å²) < 4.78 is 5.93. The quantitative estimate of drug-likeness (QED) is 0.903. The van der Waals surface area contributed by atoms with E-state index in [9.17, 15) is 0 Å². The van der Waals surface area contributed by atoms with Gasteiger partial charge in [0.1, 0.15) is 0 Å². The number of ether oxygens (including phenoxy) is 1. The van der Waals surface area contributed by atoms with Gasteiger partial charge >= 0.3 is 0 Å². The lowest BCUT2D eigenvalue weighted by molar-refractivity contribution is -0.145. The maximum Gasteiger partial charge on any atom is 0.0784 e. The Bertz CT molecular complexity index is 448. The highest BCUT2D eigenvalue weighted by atomic mass is 16.5. The lowest BCUT2D eigenvalue weighted by Gasteiger charge is -2.42. The van der Waals surface area contributed by atoms with Gasteiger partial charge in [-0.2, -0.15) is 0 Å². The fourth-order valence-electron chi connectivity index (χ4n) is 2.67. The third-order valence-corrected chi connectivity index (χ3v) is 3.70. The summed E-state index contributed by atoms with van der Waals surface area (Å²) in [7, 11) is 0. The Morgan fingerprint density at radius 3 is 1.53 bits per heavy atom. The van der Waals surface area contributed by atoms with Crippen LogP contribution in [0.3, 0.4) is 0 Å². The second-order valence-corrected chi connectivity index (χ2v) is 5.11. The normalized spacial score (nSPS) is 16.2. The van der Waals surface area contributed by atoms with Gasteiger partial charge in [-0.05, 0) is 11.1 Å². The average molecular weight is 255 g/mol. The Hall–Kier alpha value is -1.64. The van der Waals surface area contributed by atoms with Gasteiger partial charge in [-0.1, -0.05) is 60.7 Å². The van der Waals surface area contributed by atoms with Crippen LogP contribution in [0.25, 0.3) is 0 Å². The second kappa shape index (κ2) is 6.00. The van der Waals surface area contributed by atoms with Gasteiger partial charge in [0.15, 0.2) is 0 Å². The highest BCUT2D eigenvalue weighted by Crippen LogP contribution is 2.33. The average Bonchev–Trinajstić information content (AvgIpc) is 2.39. The topological polar surface area (TPSA) is 44.2 Å². The van der Waals surface area contributed by atoms with E-state index in [4.69, 9.17) is 4.74 Å². The van der Waals surface area contributed by atoms with Crippen molar-refractivity contribution < 1.29 is 4.74 Å². The molecule has 2 nitrogen and oxygen atoms in total. The summed E-state index contributed by atoms with van der Waals surface area (Å²) in [5.74, 6) is 0. The van der Waals surface area contributed by atoms with Crippen LogP contribution >= 0.6 is 0 Å². The van der Waals surface area contributed by atoms with Gasteiger partial charge < -0.3 is 10.9 Å². The van der Waals surface area contributed by atoms with Crippen LogP contribution in [0.2, 0.25) is 0 Å². The van der Waals surface area contributed by atoms with Crippen molar-refractivity contribution in [3.8, 4) is 0 Å². The molecule has 1 aliphatic rings. The Kier molecular flexibility index (Phi) is 4.35. The minimum Gasteiger partial charge on any atom is -0.374 e. The minimum absolute atomic E-state index is 0. The molecule has 0 saturated carbocycles. The first-order valence-corrected chi connectivity index (χ1v) is 6.58. The molecule has 0 spiro atoms. The van der Waals surface area contributed by atoms with E-state index in [1.807, 2.05) is 0 Å². The van der Waals surface area contributed by atoms with E-state index in [1.54, 1.807) is 0 Å². The zero-order chi connectivity index (χ0) is 12.3. The molecule has 1 heterocycles. The standard InChI is InChI=1S/C17H18O.H3N/c1-3-7-15(8-4-1)13-17(11-12-18-17)14-16-9-5-2-6-10-16;/h1-10H,11-14H2;1H3. The zero-order valence-corrected chi connectivity index (χ0v) is 11.2. The molecule has 0 bridgehead atoms. The van der Waals surface area contributed by atoms with E-state index in [0.29, 0.717) is 0 Å². The lowest BCUT2D eigenvalue weighted by Crippen LogP contribution is -2.47. The molecule has 19 heavy (non-hydrogen) atoms. The van der Waals surface area contributed by atoms with Crippen molar-refractivity contribution in [1.29, 1.82) is 0 Å². The van der Waals surface area contributed by atoms with E-state index in [0.717, 1.165) is 25.9 Å². The van der Waals surface area contributed by atoms with Gasteiger partial charge in [-0.25, -0.2) is 0 Å². The largest absolute Gasteiger partial charge is 0.374 e. The summed E-state index contributed by atoms with van der Waals surface area (Å²) in [5.41, 5.74) is 2.77. The van der Waals surface area contributed by atoms with Gasteiger partial charge in [0.25, 0.3) is 0 Å². The molecule has 0 radical (unpaired) electrons. The van der Waals surface area contributed by atoms with Crippen LogP contribution in [0.15, 0.2) is 60.7 Å².